The molecule has 0 unspecified atom stereocenters. The van der Waals surface area contributed by atoms with Crippen molar-refractivity contribution >= 4 is 11.0 Å². The van der Waals surface area contributed by atoms with E-state index in [1.807, 2.05) is 62.4 Å². The first kappa shape index (κ1) is 15.3. The van der Waals surface area contributed by atoms with Crippen LogP contribution in [0.4, 0.5) is 0 Å². The van der Waals surface area contributed by atoms with Crippen LogP contribution >= 0.6 is 0 Å². The molecule has 2 heterocycles. The minimum absolute atomic E-state index is 0.0772. The monoisotopic (exact) mass is 330 g/mol. The third-order valence-electron chi connectivity index (χ3n) is 4.43. The van der Waals surface area contributed by atoms with E-state index in [4.69, 9.17) is 0 Å². The molecule has 0 aliphatic rings. The molecule has 0 aliphatic heterocycles. The normalized spacial score (nSPS) is 11.1. The number of nitrogens with zero attached hydrogens (tertiary/aromatic N) is 4. The van der Waals surface area contributed by atoms with Crippen LogP contribution in [-0.4, -0.2) is 19.3 Å². The summed E-state index contributed by atoms with van der Waals surface area (Å²) in [6, 6.07) is 16.0. The first-order valence-corrected chi connectivity index (χ1v) is 8.18. The molecule has 0 saturated heterocycles. The molecule has 2 aromatic carbocycles. The fourth-order valence-electron chi connectivity index (χ4n) is 2.91. The summed E-state index contributed by atoms with van der Waals surface area (Å²) in [5.74, 6) is 0. The van der Waals surface area contributed by atoms with Gasteiger partial charge in [-0.1, -0.05) is 42.0 Å². The van der Waals surface area contributed by atoms with E-state index < -0.39 is 0 Å². The van der Waals surface area contributed by atoms with Gasteiger partial charge in [0.15, 0.2) is 5.65 Å². The predicted molar refractivity (Wildman–Crippen MR) is 98.1 cm³/mol. The van der Waals surface area contributed by atoms with Crippen LogP contribution in [0.15, 0.2) is 65.8 Å². The van der Waals surface area contributed by atoms with Crippen molar-refractivity contribution in [1.29, 1.82) is 0 Å². The van der Waals surface area contributed by atoms with Gasteiger partial charge < -0.3 is 0 Å². The minimum Gasteiger partial charge on any atom is -0.294 e. The van der Waals surface area contributed by atoms with Gasteiger partial charge in [-0.3, -0.25) is 9.36 Å². The molecular weight excluding hydrogens is 312 g/mol. The quantitative estimate of drug-likeness (QED) is 0.579. The zero-order chi connectivity index (χ0) is 17.4. The summed E-state index contributed by atoms with van der Waals surface area (Å²) in [6.45, 7) is 4.58. The summed E-state index contributed by atoms with van der Waals surface area (Å²) in [5.41, 5.74) is 4.83. The molecule has 2 aromatic heterocycles. The maximum Gasteiger partial charge on any atom is 0.264 e. The molecule has 0 radical (unpaired) electrons. The average molecular weight is 330 g/mol. The standard InChI is InChI=1S/C20H18N4O/c1-14-7-9-17(10-8-14)24-19-18(11-22-24)20(25)23(13-21-19)12-16-6-4-3-5-15(16)2/h3-11,13H,12H2,1-2H3. The van der Waals surface area contributed by atoms with E-state index in [0.29, 0.717) is 17.6 Å². The summed E-state index contributed by atoms with van der Waals surface area (Å²) in [4.78, 5) is 17.3. The van der Waals surface area contributed by atoms with Gasteiger partial charge in [-0.2, -0.15) is 5.10 Å². The lowest BCUT2D eigenvalue weighted by molar-refractivity contribution is 0.742. The van der Waals surface area contributed by atoms with Crippen LogP contribution < -0.4 is 5.56 Å². The van der Waals surface area contributed by atoms with Crippen LogP contribution in [-0.2, 0) is 6.54 Å². The fraction of sp³-hybridized carbons (Fsp3) is 0.150. The van der Waals surface area contributed by atoms with Gasteiger partial charge in [0.05, 0.1) is 18.4 Å². The summed E-state index contributed by atoms with van der Waals surface area (Å²) in [6.07, 6.45) is 3.20. The van der Waals surface area contributed by atoms with E-state index in [9.17, 15) is 4.79 Å². The van der Waals surface area contributed by atoms with Gasteiger partial charge in [-0.25, -0.2) is 9.67 Å². The van der Waals surface area contributed by atoms with E-state index in [1.54, 1.807) is 21.8 Å². The van der Waals surface area contributed by atoms with Crippen molar-refractivity contribution < 1.29 is 0 Å². The molecule has 0 aliphatic carbocycles. The van der Waals surface area contributed by atoms with E-state index in [2.05, 4.69) is 10.1 Å². The molecule has 5 nitrogen and oxygen atoms in total. The van der Waals surface area contributed by atoms with Crippen LogP contribution in [0, 0.1) is 13.8 Å². The van der Waals surface area contributed by atoms with Gasteiger partial charge in [-0.15, -0.1) is 0 Å². The Balaban J connectivity index is 1.78. The summed E-state index contributed by atoms with van der Waals surface area (Å²) < 4.78 is 3.33. The highest BCUT2D eigenvalue weighted by molar-refractivity contribution is 5.74. The Morgan fingerprint density at radius 2 is 1.76 bits per heavy atom. The average Bonchev–Trinajstić information content (AvgIpc) is 3.05. The highest BCUT2D eigenvalue weighted by Crippen LogP contribution is 2.15. The van der Waals surface area contributed by atoms with Crippen molar-refractivity contribution in [1.82, 2.24) is 19.3 Å². The molecule has 0 bridgehead atoms. The second kappa shape index (κ2) is 6.02. The second-order valence-corrected chi connectivity index (χ2v) is 6.23. The third-order valence-corrected chi connectivity index (χ3v) is 4.43. The lowest BCUT2D eigenvalue weighted by Crippen LogP contribution is -2.21. The Kier molecular flexibility index (Phi) is 3.69. The first-order chi connectivity index (χ1) is 12.1. The Bertz CT molecular complexity index is 1110. The van der Waals surface area contributed by atoms with Crippen molar-refractivity contribution in [2.24, 2.45) is 0 Å². The van der Waals surface area contributed by atoms with Gasteiger partial charge in [0.1, 0.15) is 11.7 Å². The molecule has 4 aromatic rings. The zero-order valence-corrected chi connectivity index (χ0v) is 14.2. The molecule has 0 saturated carbocycles. The Morgan fingerprint density at radius 3 is 2.52 bits per heavy atom. The number of hydrogen-bond acceptors (Lipinski definition) is 3. The van der Waals surface area contributed by atoms with Gasteiger partial charge in [0.25, 0.3) is 5.56 Å². The van der Waals surface area contributed by atoms with E-state index in [1.165, 1.54) is 5.56 Å². The number of aryl methyl sites for hydroxylation is 2. The summed E-state index contributed by atoms with van der Waals surface area (Å²) in [7, 11) is 0. The maximum absolute atomic E-state index is 12.8. The van der Waals surface area contributed by atoms with Gasteiger partial charge in [0, 0.05) is 0 Å². The molecule has 25 heavy (non-hydrogen) atoms. The van der Waals surface area contributed by atoms with Crippen molar-refractivity contribution in [3.8, 4) is 5.69 Å². The molecule has 0 fully saturated rings. The maximum atomic E-state index is 12.8. The highest BCUT2D eigenvalue weighted by atomic mass is 16.1. The lowest BCUT2D eigenvalue weighted by atomic mass is 10.1. The largest absolute Gasteiger partial charge is 0.294 e. The molecule has 0 N–H and O–H groups in total. The highest BCUT2D eigenvalue weighted by Gasteiger charge is 2.12. The van der Waals surface area contributed by atoms with E-state index in [-0.39, 0.29) is 5.56 Å². The molecular formula is C20H18N4O. The Labute approximate surface area is 145 Å². The minimum atomic E-state index is -0.0772. The van der Waals surface area contributed by atoms with Crippen molar-refractivity contribution in [2.75, 3.05) is 0 Å². The fourth-order valence-corrected chi connectivity index (χ4v) is 2.91. The number of benzene rings is 2. The zero-order valence-electron chi connectivity index (χ0n) is 14.2. The number of hydrogen-bond donors (Lipinski definition) is 0. The van der Waals surface area contributed by atoms with Gasteiger partial charge >= 0.3 is 0 Å². The smallest absolute Gasteiger partial charge is 0.264 e. The van der Waals surface area contributed by atoms with Gasteiger partial charge in [0.2, 0.25) is 0 Å². The van der Waals surface area contributed by atoms with Crippen molar-refractivity contribution in [2.45, 2.75) is 20.4 Å². The summed E-state index contributed by atoms with van der Waals surface area (Å²) >= 11 is 0. The van der Waals surface area contributed by atoms with Crippen LogP contribution in [0.5, 0.6) is 0 Å². The third kappa shape index (κ3) is 2.74. The summed E-state index contributed by atoms with van der Waals surface area (Å²) in [5, 5.41) is 4.89. The molecule has 0 amide bonds. The van der Waals surface area contributed by atoms with E-state index in [0.717, 1.165) is 16.8 Å². The second-order valence-electron chi connectivity index (χ2n) is 6.23. The molecule has 4 rings (SSSR count). The SMILES string of the molecule is Cc1ccc(-n2ncc3c(=O)n(Cc4ccccc4C)cnc32)cc1. The van der Waals surface area contributed by atoms with Crippen molar-refractivity contribution in [3.63, 3.8) is 0 Å². The van der Waals surface area contributed by atoms with Crippen LogP contribution in [0.3, 0.4) is 0 Å². The topological polar surface area (TPSA) is 52.7 Å². The number of aromatic nitrogens is 4. The molecule has 124 valence electrons. The van der Waals surface area contributed by atoms with Crippen LogP contribution in [0.1, 0.15) is 16.7 Å². The lowest BCUT2D eigenvalue weighted by Gasteiger charge is -2.08. The Morgan fingerprint density at radius 1 is 1.00 bits per heavy atom. The van der Waals surface area contributed by atoms with Crippen LogP contribution in [0.2, 0.25) is 0 Å². The van der Waals surface area contributed by atoms with Crippen molar-refractivity contribution in [3.05, 3.63) is 88.1 Å². The van der Waals surface area contributed by atoms with E-state index >= 15 is 0 Å². The molecule has 0 atom stereocenters. The number of fused-ring (bicyclic) bond motifs is 1. The first-order valence-electron chi connectivity index (χ1n) is 8.18. The number of rotatable bonds is 3. The predicted octanol–water partition coefficient (Wildman–Crippen LogP) is 3.25. The molecule has 5 heteroatoms. The van der Waals surface area contributed by atoms with Gasteiger partial charge in [-0.05, 0) is 37.1 Å². The molecule has 0 spiro atoms. The van der Waals surface area contributed by atoms with Crippen LogP contribution in [0.25, 0.3) is 16.7 Å². The Hall–Kier alpha value is -3.21.